The van der Waals surface area contributed by atoms with Gasteiger partial charge in [0.15, 0.2) is 0 Å². The van der Waals surface area contributed by atoms with Crippen LogP contribution in [0.2, 0.25) is 0 Å². The monoisotopic (exact) mass is 313 g/mol. The maximum atomic E-state index is 11.8. The van der Waals surface area contributed by atoms with Gasteiger partial charge in [-0.1, -0.05) is 6.08 Å². The smallest absolute Gasteiger partial charge is 0.326 e. The zero-order valence-electron chi connectivity index (χ0n) is 9.39. The summed E-state index contributed by atoms with van der Waals surface area (Å²) in [5.74, 6) is -1.78. The first-order valence-electron chi connectivity index (χ1n) is 5.08. The zero-order chi connectivity index (χ0) is 13.7. The molecule has 1 amide bonds. The molecule has 96 valence electrons. The molecule has 0 saturated heterocycles. The number of hydrogen-bond donors (Lipinski definition) is 3. The molecule has 0 bridgehead atoms. The number of benzene rings is 1. The molecule has 0 aliphatic carbocycles. The molecule has 1 aromatic rings. The first kappa shape index (κ1) is 14.2. The minimum absolute atomic E-state index is 0.0850. The molecule has 18 heavy (non-hydrogen) atoms. The molecule has 0 spiro atoms. The maximum absolute atomic E-state index is 11.8. The molecule has 6 heteroatoms. The van der Waals surface area contributed by atoms with Crippen LogP contribution in [0.4, 0.5) is 0 Å². The number of halogens is 1. The molecule has 0 radical (unpaired) electrons. The van der Waals surface area contributed by atoms with E-state index in [1.165, 1.54) is 24.3 Å². The number of aliphatic carboxylic acids is 1. The molecule has 0 aromatic heterocycles. The fourth-order valence-electron chi connectivity index (χ4n) is 1.28. The van der Waals surface area contributed by atoms with Crippen molar-refractivity contribution in [2.24, 2.45) is 0 Å². The number of nitrogens with one attached hydrogen (secondary N) is 1. The van der Waals surface area contributed by atoms with Gasteiger partial charge in [-0.2, -0.15) is 0 Å². The predicted octanol–water partition coefficient (Wildman–Crippen LogP) is 1.91. The van der Waals surface area contributed by atoms with Gasteiger partial charge in [0.25, 0.3) is 5.91 Å². The Bertz CT molecular complexity index is 487. The Balaban J connectivity index is 2.83. The molecule has 0 aliphatic heterocycles. The highest BCUT2D eigenvalue weighted by atomic mass is 79.9. The van der Waals surface area contributed by atoms with E-state index in [0.29, 0.717) is 4.47 Å². The second-order valence-electron chi connectivity index (χ2n) is 3.55. The van der Waals surface area contributed by atoms with E-state index < -0.39 is 17.9 Å². The largest absolute Gasteiger partial charge is 0.507 e. The summed E-state index contributed by atoms with van der Waals surface area (Å²) in [6.45, 7) is 3.43. The van der Waals surface area contributed by atoms with Gasteiger partial charge in [0.2, 0.25) is 0 Å². The summed E-state index contributed by atoms with van der Waals surface area (Å²) in [4.78, 5) is 22.6. The number of aromatic hydroxyl groups is 1. The first-order chi connectivity index (χ1) is 8.45. The van der Waals surface area contributed by atoms with Gasteiger partial charge in [-0.3, -0.25) is 4.79 Å². The third kappa shape index (κ3) is 3.59. The van der Waals surface area contributed by atoms with E-state index in [1.54, 1.807) is 0 Å². The Labute approximate surface area is 112 Å². The number of carbonyl (C=O) groups excluding carboxylic acids is 1. The predicted molar refractivity (Wildman–Crippen MR) is 69.5 cm³/mol. The second kappa shape index (κ2) is 6.20. The highest BCUT2D eigenvalue weighted by Crippen LogP contribution is 2.24. The number of hydrogen-bond acceptors (Lipinski definition) is 3. The molecular weight excluding hydrogens is 302 g/mol. The lowest BCUT2D eigenvalue weighted by Gasteiger charge is -2.12. The first-order valence-corrected chi connectivity index (χ1v) is 5.88. The van der Waals surface area contributed by atoms with Crippen LogP contribution in [0, 0.1) is 0 Å². The molecule has 3 N–H and O–H groups in total. The van der Waals surface area contributed by atoms with Gasteiger partial charge in [0.05, 0.1) is 4.47 Å². The van der Waals surface area contributed by atoms with Crippen molar-refractivity contribution < 1.29 is 19.8 Å². The van der Waals surface area contributed by atoms with Crippen LogP contribution in [-0.4, -0.2) is 28.1 Å². The van der Waals surface area contributed by atoms with E-state index in [9.17, 15) is 14.7 Å². The summed E-state index contributed by atoms with van der Waals surface area (Å²) in [5, 5.41) is 20.7. The minimum Gasteiger partial charge on any atom is -0.507 e. The number of carbonyl (C=O) groups is 2. The van der Waals surface area contributed by atoms with Gasteiger partial charge in [-0.25, -0.2) is 4.79 Å². The van der Waals surface area contributed by atoms with Gasteiger partial charge in [0, 0.05) is 5.56 Å². The van der Waals surface area contributed by atoms with E-state index >= 15 is 0 Å². The second-order valence-corrected chi connectivity index (χ2v) is 4.41. The van der Waals surface area contributed by atoms with E-state index in [-0.39, 0.29) is 17.7 Å². The number of rotatable bonds is 5. The molecule has 1 aromatic carbocycles. The van der Waals surface area contributed by atoms with Crippen LogP contribution >= 0.6 is 15.9 Å². The van der Waals surface area contributed by atoms with Crippen LogP contribution in [0.25, 0.3) is 0 Å². The average Bonchev–Trinajstić information content (AvgIpc) is 2.31. The van der Waals surface area contributed by atoms with Crippen LogP contribution in [0.1, 0.15) is 16.8 Å². The van der Waals surface area contributed by atoms with Crippen LogP contribution in [0.3, 0.4) is 0 Å². The fourth-order valence-corrected chi connectivity index (χ4v) is 1.53. The van der Waals surface area contributed by atoms with Crippen molar-refractivity contribution in [2.75, 3.05) is 0 Å². The topological polar surface area (TPSA) is 86.6 Å². The normalized spacial score (nSPS) is 11.6. The molecule has 0 saturated carbocycles. The summed E-state index contributed by atoms with van der Waals surface area (Å²) >= 11 is 3.09. The van der Waals surface area contributed by atoms with E-state index in [2.05, 4.69) is 27.8 Å². The number of phenols is 1. The van der Waals surface area contributed by atoms with Gasteiger partial charge < -0.3 is 15.5 Å². The summed E-state index contributed by atoms with van der Waals surface area (Å²) in [6, 6.07) is 3.21. The Morgan fingerprint density at radius 2 is 2.17 bits per heavy atom. The molecule has 0 heterocycles. The van der Waals surface area contributed by atoms with Gasteiger partial charge >= 0.3 is 5.97 Å². The Morgan fingerprint density at radius 1 is 1.50 bits per heavy atom. The van der Waals surface area contributed by atoms with Crippen LogP contribution in [0.15, 0.2) is 35.3 Å². The van der Waals surface area contributed by atoms with Crippen molar-refractivity contribution >= 4 is 27.8 Å². The van der Waals surface area contributed by atoms with E-state index in [1.807, 2.05) is 0 Å². The molecule has 5 nitrogen and oxygen atoms in total. The Kier molecular flexibility index (Phi) is 4.91. The number of phenolic OH excluding ortho intramolecular Hbond substituents is 1. The van der Waals surface area contributed by atoms with Crippen LogP contribution < -0.4 is 5.32 Å². The Morgan fingerprint density at radius 3 is 2.67 bits per heavy atom. The van der Waals surface area contributed by atoms with Crippen molar-refractivity contribution in [1.82, 2.24) is 5.32 Å². The van der Waals surface area contributed by atoms with Crippen molar-refractivity contribution in [3.8, 4) is 5.75 Å². The molecule has 1 unspecified atom stereocenters. The standard InChI is InChI=1S/C12H12BrNO4/c1-2-3-9(12(17)18)14-11(16)7-4-5-8(13)10(15)6-7/h2,4-6,9,15H,1,3H2,(H,14,16)(H,17,18). The number of carboxylic acid groups (broad SMARTS) is 1. The lowest BCUT2D eigenvalue weighted by atomic mass is 10.1. The minimum atomic E-state index is -1.13. The van der Waals surface area contributed by atoms with Gasteiger partial charge in [-0.15, -0.1) is 6.58 Å². The lowest BCUT2D eigenvalue weighted by molar-refractivity contribution is -0.139. The van der Waals surface area contributed by atoms with Crippen molar-refractivity contribution in [3.63, 3.8) is 0 Å². The van der Waals surface area contributed by atoms with E-state index in [4.69, 9.17) is 5.11 Å². The van der Waals surface area contributed by atoms with Crippen LogP contribution in [0.5, 0.6) is 5.75 Å². The summed E-state index contributed by atoms with van der Waals surface area (Å²) in [7, 11) is 0. The zero-order valence-corrected chi connectivity index (χ0v) is 11.0. The van der Waals surface area contributed by atoms with Crippen molar-refractivity contribution in [3.05, 3.63) is 40.9 Å². The fraction of sp³-hybridized carbons (Fsp3) is 0.167. The molecule has 0 fully saturated rings. The number of amides is 1. The highest BCUT2D eigenvalue weighted by Gasteiger charge is 2.19. The molecule has 1 atom stereocenters. The van der Waals surface area contributed by atoms with E-state index in [0.717, 1.165) is 0 Å². The molecular formula is C12H12BrNO4. The van der Waals surface area contributed by atoms with Crippen molar-refractivity contribution in [2.45, 2.75) is 12.5 Å². The number of carboxylic acids is 1. The third-order valence-electron chi connectivity index (χ3n) is 2.21. The SMILES string of the molecule is C=CCC(NC(=O)c1ccc(Br)c(O)c1)C(=O)O. The lowest BCUT2D eigenvalue weighted by Crippen LogP contribution is -2.40. The molecule has 1 rings (SSSR count). The maximum Gasteiger partial charge on any atom is 0.326 e. The Hall–Kier alpha value is -1.82. The average molecular weight is 314 g/mol. The summed E-state index contributed by atoms with van der Waals surface area (Å²) in [5.41, 5.74) is 0.186. The quantitative estimate of drug-likeness (QED) is 0.725. The van der Waals surface area contributed by atoms with Crippen LogP contribution in [-0.2, 0) is 4.79 Å². The summed E-state index contributed by atoms with van der Waals surface area (Å²) in [6.07, 6.45) is 1.54. The summed E-state index contributed by atoms with van der Waals surface area (Å²) < 4.78 is 0.458. The van der Waals surface area contributed by atoms with Gasteiger partial charge in [-0.05, 0) is 40.5 Å². The van der Waals surface area contributed by atoms with Crippen molar-refractivity contribution in [1.29, 1.82) is 0 Å². The molecule has 0 aliphatic rings. The highest BCUT2D eigenvalue weighted by molar-refractivity contribution is 9.10. The van der Waals surface area contributed by atoms with Gasteiger partial charge in [0.1, 0.15) is 11.8 Å². The third-order valence-corrected chi connectivity index (χ3v) is 2.88.